The van der Waals surface area contributed by atoms with E-state index in [4.69, 9.17) is 5.73 Å². The number of imidazole rings is 1. The predicted molar refractivity (Wildman–Crippen MR) is 75.1 cm³/mol. The van der Waals surface area contributed by atoms with Crippen LogP contribution in [0.2, 0.25) is 0 Å². The molecule has 0 aliphatic carbocycles. The molecule has 0 aliphatic rings. The topological polar surface area (TPSA) is 60.9 Å². The van der Waals surface area contributed by atoms with Crippen LogP contribution in [0.1, 0.15) is 19.2 Å². The Kier molecular flexibility index (Phi) is 3.71. The number of hydrogen-bond acceptors (Lipinski definition) is 2. The summed E-state index contributed by atoms with van der Waals surface area (Å²) in [4.78, 5) is 15.6. The number of carbonyl (C=O) groups excluding carboxylic acids is 1. The first kappa shape index (κ1) is 13.1. The number of halogens is 1. The van der Waals surface area contributed by atoms with E-state index in [2.05, 4.69) is 25.5 Å². The molecule has 0 spiro atoms. The number of amides is 1. The molecule has 18 heavy (non-hydrogen) atoms. The van der Waals surface area contributed by atoms with E-state index in [9.17, 15) is 4.79 Å². The monoisotopic (exact) mass is 309 g/mol. The molecule has 1 heterocycles. The van der Waals surface area contributed by atoms with Crippen molar-refractivity contribution in [1.29, 1.82) is 0 Å². The second kappa shape index (κ2) is 5.10. The summed E-state index contributed by atoms with van der Waals surface area (Å²) in [5, 5.41) is 0. The van der Waals surface area contributed by atoms with Gasteiger partial charge in [0.1, 0.15) is 5.82 Å². The molecule has 0 fully saturated rings. The fourth-order valence-corrected chi connectivity index (χ4v) is 2.27. The van der Waals surface area contributed by atoms with Crippen molar-refractivity contribution in [1.82, 2.24) is 9.55 Å². The summed E-state index contributed by atoms with van der Waals surface area (Å²) in [6, 6.07) is 6.01. The van der Waals surface area contributed by atoms with Gasteiger partial charge in [-0.25, -0.2) is 4.98 Å². The van der Waals surface area contributed by atoms with Crippen LogP contribution in [-0.4, -0.2) is 15.5 Å². The Balaban J connectivity index is 2.24. The standard InChI is InChI=1S/C13H16BrN3O/c1-8(13(15)18)3-6-12-16-10-5-4-9(14)7-11(10)17(12)2/h4-5,7-8H,3,6H2,1-2H3,(H2,15,18). The molecule has 1 amide bonds. The zero-order valence-corrected chi connectivity index (χ0v) is 12.1. The lowest BCUT2D eigenvalue weighted by molar-refractivity contribution is -0.121. The highest BCUT2D eigenvalue weighted by atomic mass is 79.9. The van der Waals surface area contributed by atoms with Crippen LogP contribution in [0.5, 0.6) is 0 Å². The average Bonchev–Trinajstić information content (AvgIpc) is 2.63. The van der Waals surface area contributed by atoms with Crippen LogP contribution in [0, 0.1) is 5.92 Å². The van der Waals surface area contributed by atoms with Crippen LogP contribution in [0.3, 0.4) is 0 Å². The van der Waals surface area contributed by atoms with Gasteiger partial charge in [0.15, 0.2) is 0 Å². The zero-order valence-electron chi connectivity index (χ0n) is 10.5. The number of aromatic nitrogens is 2. The summed E-state index contributed by atoms with van der Waals surface area (Å²) >= 11 is 3.45. The minimum atomic E-state index is -0.253. The van der Waals surface area contributed by atoms with Crippen LogP contribution in [-0.2, 0) is 18.3 Å². The molecule has 96 valence electrons. The highest BCUT2D eigenvalue weighted by Gasteiger charge is 2.12. The first-order chi connectivity index (χ1) is 8.49. The van der Waals surface area contributed by atoms with Crippen molar-refractivity contribution < 1.29 is 4.79 Å². The van der Waals surface area contributed by atoms with Crippen molar-refractivity contribution in [3.8, 4) is 0 Å². The maximum Gasteiger partial charge on any atom is 0.220 e. The number of aryl methyl sites for hydroxylation is 2. The van der Waals surface area contributed by atoms with Gasteiger partial charge in [0.25, 0.3) is 0 Å². The molecule has 0 bridgehead atoms. The lowest BCUT2D eigenvalue weighted by atomic mass is 10.1. The lowest BCUT2D eigenvalue weighted by Crippen LogP contribution is -2.21. The Morgan fingerprint density at radius 3 is 2.94 bits per heavy atom. The van der Waals surface area contributed by atoms with Gasteiger partial charge in [0.2, 0.25) is 5.91 Å². The fraction of sp³-hybridized carbons (Fsp3) is 0.385. The number of nitrogens with zero attached hydrogens (tertiary/aromatic N) is 2. The highest BCUT2D eigenvalue weighted by Crippen LogP contribution is 2.21. The van der Waals surface area contributed by atoms with Crippen molar-refractivity contribution in [2.24, 2.45) is 18.7 Å². The summed E-state index contributed by atoms with van der Waals surface area (Å²) in [5.74, 6) is 0.615. The molecule has 5 heteroatoms. The smallest absolute Gasteiger partial charge is 0.220 e. The Labute approximate surface area is 114 Å². The van der Waals surface area contributed by atoms with Crippen molar-refractivity contribution in [2.75, 3.05) is 0 Å². The second-order valence-corrected chi connectivity index (χ2v) is 5.48. The van der Waals surface area contributed by atoms with E-state index < -0.39 is 0 Å². The van der Waals surface area contributed by atoms with Gasteiger partial charge in [-0.15, -0.1) is 0 Å². The van der Waals surface area contributed by atoms with E-state index in [1.807, 2.05) is 32.2 Å². The zero-order chi connectivity index (χ0) is 13.3. The number of rotatable bonds is 4. The molecular formula is C13H16BrN3O. The third kappa shape index (κ3) is 2.56. The molecule has 2 rings (SSSR count). The predicted octanol–water partition coefficient (Wildman–Crippen LogP) is 2.39. The molecule has 2 aromatic rings. The Hall–Kier alpha value is -1.36. The summed E-state index contributed by atoms with van der Waals surface area (Å²) < 4.78 is 3.10. The third-order valence-corrected chi connectivity index (χ3v) is 3.72. The summed E-state index contributed by atoms with van der Waals surface area (Å²) in [5.41, 5.74) is 7.32. The molecule has 2 N–H and O–H groups in total. The lowest BCUT2D eigenvalue weighted by Gasteiger charge is -2.06. The Morgan fingerprint density at radius 1 is 1.56 bits per heavy atom. The number of carbonyl (C=O) groups is 1. The number of nitrogens with two attached hydrogens (primary N) is 1. The molecule has 1 atom stereocenters. The van der Waals surface area contributed by atoms with E-state index in [0.29, 0.717) is 0 Å². The molecule has 0 aliphatic heterocycles. The van der Waals surface area contributed by atoms with Crippen LogP contribution in [0.4, 0.5) is 0 Å². The summed E-state index contributed by atoms with van der Waals surface area (Å²) in [6.45, 7) is 1.85. The van der Waals surface area contributed by atoms with E-state index >= 15 is 0 Å². The van der Waals surface area contributed by atoms with Crippen molar-refractivity contribution in [3.05, 3.63) is 28.5 Å². The van der Waals surface area contributed by atoms with E-state index in [1.54, 1.807) is 0 Å². The average molecular weight is 310 g/mol. The number of benzene rings is 1. The first-order valence-electron chi connectivity index (χ1n) is 5.89. The highest BCUT2D eigenvalue weighted by molar-refractivity contribution is 9.10. The Morgan fingerprint density at radius 2 is 2.28 bits per heavy atom. The van der Waals surface area contributed by atoms with Crippen molar-refractivity contribution in [3.63, 3.8) is 0 Å². The fourth-order valence-electron chi connectivity index (χ4n) is 1.92. The van der Waals surface area contributed by atoms with Gasteiger partial charge in [-0.1, -0.05) is 22.9 Å². The largest absolute Gasteiger partial charge is 0.369 e. The van der Waals surface area contributed by atoms with Crippen molar-refractivity contribution >= 4 is 32.9 Å². The maximum absolute atomic E-state index is 11.0. The van der Waals surface area contributed by atoms with Gasteiger partial charge in [0.05, 0.1) is 11.0 Å². The quantitative estimate of drug-likeness (QED) is 0.942. The van der Waals surface area contributed by atoms with Gasteiger partial charge < -0.3 is 10.3 Å². The van der Waals surface area contributed by atoms with Gasteiger partial charge in [-0.2, -0.15) is 0 Å². The van der Waals surface area contributed by atoms with Gasteiger partial charge >= 0.3 is 0 Å². The number of primary amides is 1. The normalized spacial score (nSPS) is 12.8. The number of fused-ring (bicyclic) bond motifs is 1. The summed E-state index contributed by atoms with van der Waals surface area (Å²) in [7, 11) is 1.99. The third-order valence-electron chi connectivity index (χ3n) is 3.22. The SMILES string of the molecule is CC(CCc1nc2ccc(Br)cc2n1C)C(N)=O. The Bertz CT molecular complexity index is 591. The molecule has 4 nitrogen and oxygen atoms in total. The van der Waals surface area contributed by atoms with Crippen LogP contribution >= 0.6 is 15.9 Å². The minimum Gasteiger partial charge on any atom is -0.369 e. The van der Waals surface area contributed by atoms with E-state index in [-0.39, 0.29) is 11.8 Å². The van der Waals surface area contributed by atoms with Crippen LogP contribution in [0.25, 0.3) is 11.0 Å². The van der Waals surface area contributed by atoms with Crippen LogP contribution < -0.4 is 5.73 Å². The molecule has 0 saturated carbocycles. The first-order valence-corrected chi connectivity index (χ1v) is 6.68. The molecule has 0 radical (unpaired) electrons. The van der Waals surface area contributed by atoms with E-state index in [0.717, 1.165) is 34.2 Å². The second-order valence-electron chi connectivity index (χ2n) is 4.56. The number of hydrogen-bond donors (Lipinski definition) is 1. The molecular weight excluding hydrogens is 294 g/mol. The molecule has 1 unspecified atom stereocenters. The molecule has 0 saturated heterocycles. The van der Waals surface area contributed by atoms with Gasteiger partial charge in [0, 0.05) is 23.9 Å². The molecule has 1 aromatic heterocycles. The minimum absolute atomic E-state index is 0.114. The van der Waals surface area contributed by atoms with E-state index in [1.165, 1.54) is 0 Å². The van der Waals surface area contributed by atoms with Crippen LogP contribution in [0.15, 0.2) is 22.7 Å². The van der Waals surface area contributed by atoms with Gasteiger partial charge in [-0.3, -0.25) is 4.79 Å². The maximum atomic E-state index is 11.0. The van der Waals surface area contributed by atoms with Crippen molar-refractivity contribution in [2.45, 2.75) is 19.8 Å². The summed E-state index contributed by atoms with van der Waals surface area (Å²) in [6.07, 6.45) is 1.49. The van der Waals surface area contributed by atoms with Gasteiger partial charge in [-0.05, 0) is 24.6 Å². The molecule has 1 aromatic carbocycles.